The van der Waals surface area contributed by atoms with E-state index in [-0.39, 0.29) is 35.6 Å². The molecule has 1 aromatic carbocycles. The Morgan fingerprint density at radius 2 is 1.82 bits per heavy atom. The summed E-state index contributed by atoms with van der Waals surface area (Å²) in [5.74, 6) is -0.00360. The maximum absolute atomic E-state index is 13.7. The second-order valence-corrected chi connectivity index (χ2v) is 14.3. The first kappa shape index (κ1) is 34.2. The number of carbonyl (C=O) groups excluding carboxylic acids is 1. The van der Waals surface area contributed by atoms with Gasteiger partial charge in [0.1, 0.15) is 0 Å². The Kier molecular flexibility index (Phi) is 12.1. The second-order valence-electron chi connectivity index (χ2n) is 11.8. The summed E-state index contributed by atoms with van der Waals surface area (Å²) < 4.78 is 37.4. The number of methoxy groups -OCH3 is 1. The molecule has 2 atom stereocenters. The van der Waals surface area contributed by atoms with E-state index in [2.05, 4.69) is 21.8 Å². The van der Waals surface area contributed by atoms with Gasteiger partial charge in [0.05, 0.1) is 37.6 Å². The summed E-state index contributed by atoms with van der Waals surface area (Å²) >= 11 is 6.05. The van der Waals surface area contributed by atoms with Crippen molar-refractivity contribution < 1.29 is 22.7 Å². The van der Waals surface area contributed by atoms with Crippen LogP contribution in [0.4, 0.5) is 0 Å². The lowest BCUT2D eigenvalue weighted by molar-refractivity contribution is -0.129. The molecule has 3 saturated heterocycles. The fraction of sp³-hybridized carbons (Fsp3) is 0.613. The summed E-state index contributed by atoms with van der Waals surface area (Å²) in [4.78, 5) is 22.1. The highest BCUT2D eigenvalue weighted by atomic mass is 35.5. The lowest BCUT2D eigenvalue weighted by Gasteiger charge is -2.43. The number of carbonyl (C=O) groups is 1. The van der Waals surface area contributed by atoms with E-state index < -0.39 is 10.0 Å². The van der Waals surface area contributed by atoms with E-state index >= 15 is 0 Å². The predicted octanol–water partition coefficient (Wildman–Crippen LogP) is 3.25. The van der Waals surface area contributed by atoms with Gasteiger partial charge in [-0.05, 0) is 75.7 Å². The Hall–Kier alpha value is -2.64. The number of aliphatic imine (C=N–C) groups is 1. The van der Waals surface area contributed by atoms with Crippen molar-refractivity contribution >= 4 is 33.9 Å². The standard InChI is InChI=1S/C31H47ClN6O5S/c1-22(34-20-27-6-5-7-28(43-27)23-8-10-24(32)11-9-23)30(42-3)29(35-21-33)31(39)38-18-14-26(15-19-38)37-16-12-25(13-17-37)36(2)44(4,40)41/h8-11,21,25-28,34H,1,5-7,12-20H2,2-4H3,(H2,33,35)/b30-29+/t27-,28+/m0/s1. The van der Waals surface area contributed by atoms with Crippen LogP contribution in [0.5, 0.6) is 0 Å². The third-order valence-electron chi connectivity index (χ3n) is 9.04. The lowest BCUT2D eigenvalue weighted by atomic mass is 9.97. The Morgan fingerprint density at radius 1 is 1.16 bits per heavy atom. The molecule has 0 bridgehead atoms. The molecule has 11 nitrogen and oxygen atoms in total. The summed E-state index contributed by atoms with van der Waals surface area (Å²) in [6.07, 6.45) is 8.48. The first-order valence-electron chi connectivity index (χ1n) is 15.3. The van der Waals surface area contributed by atoms with Crippen molar-refractivity contribution in [3.05, 3.63) is 58.6 Å². The monoisotopic (exact) mass is 650 g/mol. The summed E-state index contributed by atoms with van der Waals surface area (Å²) in [6.45, 7) is 7.49. The molecule has 3 heterocycles. The minimum absolute atomic E-state index is 0.000570. The van der Waals surface area contributed by atoms with Gasteiger partial charge in [-0.2, -0.15) is 0 Å². The third kappa shape index (κ3) is 8.75. The highest BCUT2D eigenvalue weighted by Gasteiger charge is 2.34. The van der Waals surface area contributed by atoms with Gasteiger partial charge >= 0.3 is 0 Å². The molecule has 0 saturated carbocycles. The van der Waals surface area contributed by atoms with E-state index in [1.165, 1.54) is 17.7 Å². The third-order valence-corrected chi connectivity index (χ3v) is 10.6. The number of likely N-dealkylation sites (tertiary alicyclic amines) is 2. The molecule has 1 aromatic rings. The van der Waals surface area contributed by atoms with Crippen LogP contribution in [0.15, 0.2) is 53.0 Å². The number of piperidine rings is 2. The zero-order chi connectivity index (χ0) is 31.9. The highest BCUT2D eigenvalue weighted by Crippen LogP contribution is 2.32. The Morgan fingerprint density at radius 3 is 2.41 bits per heavy atom. The first-order valence-corrected chi connectivity index (χ1v) is 17.6. The van der Waals surface area contributed by atoms with Crippen LogP contribution in [-0.4, -0.2) is 106 Å². The van der Waals surface area contributed by atoms with Crippen LogP contribution >= 0.6 is 11.6 Å². The number of nitrogens with zero attached hydrogens (tertiary/aromatic N) is 4. The molecule has 4 rings (SSSR count). The summed E-state index contributed by atoms with van der Waals surface area (Å²) in [6, 6.07) is 8.14. The molecule has 44 heavy (non-hydrogen) atoms. The number of hydrogen-bond donors (Lipinski definition) is 2. The van der Waals surface area contributed by atoms with E-state index in [4.69, 9.17) is 26.8 Å². The number of rotatable bonds is 11. The average molecular weight is 651 g/mol. The highest BCUT2D eigenvalue weighted by molar-refractivity contribution is 7.88. The van der Waals surface area contributed by atoms with Crippen molar-refractivity contribution in [1.82, 2.24) is 19.4 Å². The van der Waals surface area contributed by atoms with E-state index in [9.17, 15) is 13.2 Å². The Balaban J connectivity index is 1.32. The summed E-state index contributed by atoms with van der Waals surface area (Å²) in [5, 5.41) is 3.99. The molecular formula is C31H47ClN6O5S. The van der Waals surface area contributed by atoms with Gasteiger partial charge in [-0.15, -0.1) is 0 Å². The predicted molar refractivity (Wildman–Crippen MR) is 174 cm³/mol. The van der Waals surface area contributed by atoms with E-state index in [0.717, 1.165) is 69.9 Å². The number of benzene rings is 1. The quantitative estimate of drug-likeness (QED) is 0.123. The fourth-order valence-electron chi connectivity index (χ4n) is 6.41. The molecule has 244 valence electrons. The number of amides is 1. The SMILES string of the molecule is C=C(NC[C@@H]1CCC[C@H](c2ccc(Cl)cc2)O1)/C(OC)=C(\N=CN)C(=O)N1CCC(N2CCC(N(C)S(C)(=O)=O)CC2)CC1. The van der Waals surface area contributed by atoms with Crippen LogP contribution in [0, 0.1) is 0 Å². The van der Waals surface area contributed by atoms with Crippen molar-refractivity contribution in [3.63, 3.8) is 0 Å². The maximum Gasteiger partial charge on any atom is 0.276 e. The van der Waals surface area contributed by atoms with Crippen LogP contribution in [0.2, 0.25) is 5.02 Å². The van der Waals surface area contributed by atoms with Crippen molar-refractivity contribution in [2.75, 3.05) is 53.1 Å². The molecule has 0 aromatic heterocycles. The molecule has 0 radical (unpaired) electrons. The van der Waals surface area contributed by atoms with E-state index in [1.807, 2.05) is 24.3 Å². The van der Waals surface area contributed by atoms with Gasteiger partial charge in [0.15, 0.2) is 11.5 Å². The van der Waals surface area contributed by atoms with Crippen LogP contribution in [0.1, 0.15) is 56.6 Å². The minimum Gasteiger partial charge on any atom is -0.492 e. The Labute approximate surface area is 267 Å². The first-order chi connectivity index (χ1) is 21.0. The van der Waals surface area contributed by atoms with Gasteiger partial charge in [0.2, 0.25) is 10.0 Å². The van der Waals surface area contributed by atoms with Gasteiger partial charge in [-0.1, -0.05) is 30.3 Å². The molecule has 0 spiro atoms. The molecule has 1 amide bonds. The van der Waals surface area contributed by atoms with Crippen molar-refractivity contribution in [2.24, 2.45) is 10.7 Å². The topological polar surface area (TPSA) is 130 Å². The van der Waals surface area contributed by atoms with Crippen LogP contribution < -0.4 is 11.1 Å². The molecular weight excluding hydrogens is 604 g/mol. The molecule has 3 aliphatic heterocycles. The number of nitrogens with one attached hydrogen (secondary N) is 1. The van der Waals surface area contributed by atoms with Crippen LogP contribution in [-0.2, 0) is 24.3 Å². The fourth-order valence-corrected chi connectivity index (χ4v) is 7.29. The van der Waals surface area contributed by atoms with E-state index in [1.54, 1.807) is 11.9 Å². The van der Waals surface area contributed by atoms with Gasteiger partial charge in [-0.3, -0.25) is 4.79 Å². The van der Waals surface area contributed by atoms with Gasteiger partial charge < -0.3 is 30.3 Å². The number of hydrogen-bond acceptors (Lipinski definition) is 8. The molecule has 3 N–H and O–H groups in total. The van der Waals surface area contributed by atoms with Crippen molar-refractivity contribution in [3.8, 4) is 0 Å². The number of nitrogens with two attached hydrogens (primary N) is 1. The van der Waals surface area contributed by atoms with Crippen molar-refractivity contribution in [2.45, 2.75) is 69.2 Å². The zero-order valence-electron chi connectivity index (χ0n) is 26.1. The number of halogens is 1. The van der Waals surface area contributed by atoms with E-state index in [0.29, 0.717) is 36.4 Å². The van der Waals surface area contributed by atoms with Crippen molar-refractivity contribution in [1.29, 1.82) is 0 Å². The van der Waals surface area contributed by atoms with Gasteiger partial charge in [0.25, 0.3) is 5.91 Å². The molecule has 0 unspecified atom stereocenters. The molecule has 0 aliphatic carbocycles. The Bertz CT molecular complexity index is 1310. The normalized spacial score (nSPS) is 23.5. The smallest absolute Gasteiger partial charge is 0.276 e. The summed E-state index contributed by atoms with van der Waals surface area (Å²) in [7, 11) is -0.0445. The zero-order valence-corrected chi connectivity index (χ0v) is 27.7. The van der Waals surface area contributed by atoms with Gasteiger partial charge in [-0.25, -0.2) is 17.7 Å². The largest absolute Gasteiger partial charge is 0.492 e. The molecule has 3 aliphatic rings. The molecule has 3 fully saturated rings. The minimum atomic E-state index is -3.20. The molecule has 13 heteroatoms. The second kappa shape index (κ2) is 15.6. The number of ether oxygens (including phenoxy) is 2. The van der Waals surface area contributed by atoms with Crippen LogP contribution in [0.3, 0.4) is 0 Å². The maximum atomic E-state index is 13.7. The lowest BCUT2D eigenvalue weighted by Crippen LogP contribution is -2.52. The number of sulfonamides is 1. The van der Waals surface area contributed by atoms with Gasteiger partial charge in [0, 0.05) is 43.8 Å². The van der Waals surface area contributed by atoms with Crippen LogP contribution in [0.25, 0.3) is 0 Å². The average Bonchev–Trinajstić information content (AvgIpc) is 3.03. The summed E-state index contributed by atoms with van der Waals surface area (Å²) in [5.41, 5.74) is 7.32.